The van der Waals surface area contributed by atoms with Gasteiger partial charge in [0, 0.05) is 5.57 Å². The lowest BCUT2D eigenvalue weighted by molar-refractivity contribution is -0.00000221. The summed E-state index contributed by atoms with van der Waals surface area (Å²) in [5, 5.41) is 8.30. The first-order valence-corrected chi connectivity index (χ1v) is 2.12. The maximum atomic E-state index is 8.30. The minimum absolute atomic E-state index is 0. The van der Waals surface area contributed by atoms with Gasteiger partial charge in [-0.1, -0.05) is 24.3 Å². The average Bonchev–Trinajstić information content (AvgIpc) is 2.14. The summed E-state index contributed by atoms with van der Waals surface area (Å²) in [6.07, 6.45) is 8.50. The van der Waals surface area contributed by atoms with Crippen molar-refractivity contribution in [2.45, 2.75) is 0 Å². The fraction of sp³-hybridized carbons (Fsp3) is 0. The molecule has 0 amide bonds. The summed E-state index contributed by atoms with van der Waals surface area (Å²) >= 11 is 0. The van der Waals surface area contributed by atoms with E-state index in [4.69, 9.17) is 5.11 Å². The fourth-order valence-electron chi connectivity index (χ4n) is 0.475. The van der Waals surface area contributed by atoms with Gasteiger partial charge in [-0.05, 0) is 0 Å². The zero-order valence-electron chi connectivity index (χ0n) is 4.21. The van der Waals surface area contributed by atoms with E-state index in [0.717, 1.165) is 11.8 Å². The summed E-state index contributed by atoms with van der Waals surface area (Å²) < 4.78 is 0. The van der Waals surface area contributed by atoms with E-state index in [0.29, 0.717) is 0 Å². The van der Waals surface area contributed by atoms with Gasteiger partial charge < -0.3 is 9.81 Å². The van der Waals surface area contributed by atoms with Crippen LogP contribution in [0.2, 0.25) is 0 Å². The van der Waals surface area contributed by atoms with E-state index in [1.54, 1.807) is 0 Å². The van der Waals surface area contributed by atoms with Crippen LogP contribution in [-0.2, 0) is 0 Å². The Morgan fingerprint density at radius 3 is 2.00 bits per heavy atom. The first-order chi connectivity index (χ1) is 3.43. The highest BCUT2D eigenvalue weighted by atomic mass is 19.0. The molecule has 8 heavy (non-hydrogen) atoms. The standard InChI is InChI=1S/C6H6O.FH/c7-5-6-3-1-2-4-6;/h1-5,7H;1H/p-1. The first-order valence-electron chi connectivity index (χ1n) is 2.12. The molecule has 0 radical (unpaired) electrons. The zero-order chi connectivity index (χ0) is 5.11. The highest BCUT2D eigenvalue weighted by Crippen LogP contribution is 2.03. The zero-order valence-corrected chi connectivity index (χ0v) is 4.21. The fourth-order valence-corrected chi connectivity index (χ4v) is 0.475. The molecule has 0 saturated heterocycles. The van der Waals surface area contributed by atoms with Crippen LogP contribution in [0.3, 0.4) is 0 Å². The molecule has 1 nitrogen and oxygen atoms in total. The smallest absolute Gasteiger partial charge is 0.0864 e. The Morgan fingerprint density at radius 1 is 1.25 bits per heavy atom. The normalized spacial score (nSPS) is 13.8. The maximum Gasteiger partial charge on any atom is 0.0864 e. The molecule has 1 aliphatic rings. The molecule has 1 N–H and O–H groups in total. The quantitative estimate of drug-likeness (QED) is 0.381. The second kappa shape index (κ2) is 3.02. The van der Waals surface area contributed by atoms with Gasteiger partial charge >= 0.3 is 0 Å². The van der Waals surface area contributed by atoms with Crippen molar-refractivity contribution in [3.63, 3.8) is 0 Å². The van der Waals surface area contributed by atoms with E-state index >= 15 is 0 Å². The van der Waals surface area contributed by atoms with Crippen LogP contribution in [0.15, 0.2) is 36.1 Å². The van der Waals surface area contributed by atoms with Crippen LogP contribution in [0.5, 0.6) is 0 Å². The van der Waals surface area contributed by atoms with Gasteiger partial charge in [0.05, 0.1) is 6.26 Å². The molecule has 0 aromatic carbocycles. The molecule has 0 saturated carbocycles. The summed E-state index contributed by atoms with van der Waals surface area (Å²) in [7, 11) is 0. The topological polar surface area (TPSA) is 20.2 Å². The van der Waals surface area contributed by atoms with Crippen molar-refractivity contribution in [1.82, 2.24) is 0 Å². The highest BCUT2D eigenvalue weighted by molar-refractivity contribution is 5.38. The number of hydrogen-bond donors (Lipinski definition) is 1. The third kappa shape index (κ3) is 1.22. The Balaban J connectivity index is 0.000000490. The molecule has 0 atom stereocenters. The van der Waals surface area contributed by atoms with Gasteiger partial charge in [0.1, 0.15) is 0 Å². The van der Waals surface area contributed by atoms with Gasteiger partial charge in [0.25, 0.3) is 0 Å². The van der Waals surface area contributed by atoms with Crippen molar-refractivity contribution < 1.29 is 9.81 Å². The van der Waals surface area contributed by atoms with Crippen molar-refractivity contribution in [3.05, 3.63) is 36.1 Å². The second-order valence-electron chi connectivity index (χ2n) is 1.35. The number of aliphatic hydroxyl groups is 1. The lowest BCUT2D eigenvalue weighted by Gasteiger charge is -1.77. The van der Waals surface area contributed by atoms with Crippen LogP contribution < -0.4 is 4.70 Å². The monoisotopic (exact) mass is 113 g/mol. The molecule has 2 heteroatoms. The van der Waals surface area contributed by atoms with Crippen molar-refractivity contribution in [2.24, 2.45) is 0 Å². The van der Waals surface area contributed by atoms with Crippen molar-refractivity contribution in [1.29, 1.82) is 0 Å². The predicted molar refractivity (Wildman–Crippen MR) is 29.0 cm³/mol. The summed E-state index contributed by atoms with van der Waals surface area (Å²) in [5.74, 6) is 0. The van der Waals surface area contributed by atoms with Crippen molar-refractivity contribution in [2.75, 3.05) is 0 Å². The van der Waals surface area contributed by atoms with Crippen LogP contribution >= 0.6 is 0 Å². The minimum Gasteiger partial charge on any atom is -1.00 e. The second-order valence-corrected chi connectivity index (χ2v) is 1.35. The number of allylic oxidation sites excluding steroid dienone is 5. The number of hydrogen-bond acceptors (Lipinski definition) is 1. The Hall–Kier alpha value is -1.05. The first kappa shape index (κ1) is 6.95. The Labute approximate surface area is 47.0 Å². The summed E-state index contributed by atoms with van der Waals surface area (Å²) in [6, 6.07) is 0. The highest BCUT2D eigenvalue weighted by Gasteiger charge is 1.86. The molecule has 0 fully saturated rings. The summed E-state index contributed by atoms with van der Waals surface area (Å²) in [6.45, 7) is 0. The SMILES string of the molecule is OC=C1C=CC=C1.[F-]. The van der Waals surface area contributed by atoms with Gasteiger partial charge in [-0.2, -0.15) is 0 Å². The lowest BCUT2D eigenvalue weighted by Crippen LogP contribution is -3.00. The molecule has 0 aliphatic heterocycles. The molecule has 0 bridgehead atoms. The molecule has 1 aliphatic carbocycles. The average molecular weight is 113 g/mol. The molecule has 0 heterocycles. The minimum atomic E-state index is 0. The van der Waals surface area contributed by atoms with Gasteiger partial charge in [0.2, 0.25) is 0 Å². The summed E-state index contributed by atoms with van der Waals surface area (Å²) in [5.41, 5.74) is 0.861. The van der Waals surface area contributed by atoms with Gasteiger partial charge in [-0.3, -0.25) is 0 Å². The number of halogens is 1. The molecule has 44 valence electrons. The largest absolute Gasteiger partial charge is 1.00 e. The maximum absolute atomic E-state index is 8.30. The third-order valence-corrected chi connectivity index (χ3v) is 0.838. The predicted octanol–water partition coefficient (Wildman–Crippen LogP) is -1.44. The molecule has 0 spiro atoms. The molecule has 0 aromatic rings. The van der Waals surface area contributed by atoms with Gasteiger partial charge in [-0.15, -0.1) is 0 Å². The molecule has 0 aromatic heterocycles. The van der Waals surface area contributed by atoms with Crippen LogP contribution in [0.25, 0.3) is 0 Å². The number of rotatable bonds is 0. The van der Waals surface area contributed by atoms with Crippen LogP contribution in [0.1, 0.15) is 0 Å². The van der Waals surface area contributed by atoms with Crippen molar-refractivity contribution in [3.8, 4) is 0 Å². The van der Waals surface area contributed by atoms with E-state index < -0.39 is 0 Å². The van der Waals surface area contributed by atoms with Crippen molar-refractivity contribution >= 4 is 0 Å². The van der Waals surface area contributed by atoms with Crippen LogP contribution in [0.4, 0.5) is 0 Å². The van der Waals surface area contributed by atoms with E-state index in [9.17, 15) is 0 Å². The Morgan fingerprint density at radius 2 is 1.75 bits per heavy atom. The van der Waals surface area contributed by atoms with Crippen LogP contribution in [-0.4, -0.2) is 5.11 Å². The molecular formula is C6H6FO-. The number of aliphatic hydroxyl groups excluding tert-OH is 1. The van der Waals surface area contributed by atoms with Gasteiger partial charge in [0.15, 0.2) is 0 Å². The van der Waals surface area contributed by atoms with E-state index in [1.807, 2.05) is 24.3 Å². The van der Waals surface area contributed by atoms with E-state index in [2.05, 4.69) is 0 Å². The molecule has 1 rings (SSSR count). The third-order valence-electron chi connectivity index (χ3n) is 0.838. The molecule has 0 unspecified atom stereocenters. The Kier molecular flexibility index (Phi) is 2.62. The molecular weight excluding hydrogens is 107 g/mol. The lowest BCUT2D eigenvalue weighted by atomic mass is 10.3. The van der Waals surface area contributed by atoms with Gasteiger partial charge in [-0.25, -0.2) is 0 Å². The Bertz CT molecular complexity index is 131. The summed E-state index contributed by atoms with van der Waals surface area (Å²) in [4.78, 5) is 0. The van der Waals surface area contributed by atoms with Crippen LogP contribution in [0, 0.1) is 0 Å². The van der Waals surface area contributed by atoms with E-state index in [-0.39, 0.29) is 4.70 Å². The van der Waals surface area contributed by atoms with E-state index in [1.165, 1.54) is 0 Å².